The minimum Gasteiger partial charge on any atom is -0.507 e. The van der Waals surface area contributed by atoms with Gasteiger partial charge in [-0.2, -0.15) is 0 Å². The van der Waals surface area contributed by atoms with Crippen LogP contribution in [0, 0.1) is 12.8 Å². The third kappa shape index (κ3) is 6.81. The molecule has 2 aliphatic rings. The molecule has 0 saturated carbocycles. The van der Waals surface area contributed by atoms with E-state index in [0.717, 1.165) is 13.1 Å². The summed E-state index contributed by atoms with van der Waals surface area (Å²) in [5, 5.41) is 11.5. The van der Waals surface area contributed by atoms with Gasteiger partial charge in [0.25, 0.3) is 17.6 Å². The fourth-order valence-electron chi connectivity index (χ4n) is 4.83. The molecule has 2 amide bonds. The topological polar surface area (TPSA) is 132 Å². The number of aliphatic hydroxyl groups excluding tert-OH is 1. The number of rotatable bonds is 11. The van der Waals surface area contributed by atoms with Crippen LogP contribution in [0.15, 0.2) is 48.0 Å². The number of morpholine rings is 1. The zero-order chi connectivity index (χ0) is 28.8. The number of benzene rings is 2. The highest BCUT2D eigenvalue weighted by atomic mass is 16.5. The highest BCUT2D eigenvalue weighted by Crippen LogP contribution is 2.40. The molecule has 0 bridgehead atoms. The molecule has 2 heterocycles. The van der Waals surface area contributed by atoms with Gasteiger partial charge in [0.1, 0.15) is 17.3 Å². The van der Waals surface area contributed by atoms with Gasteiger partial charge in [0.2, 0.25) is 0 Å². The molecule has 10 nitrogen and oxygen atoms in total. The molecular weight excluding hydrogens is 514 g/mol. The van der Waals surface area contributed by atoms with Crippen LogP contribution in [0.3, 0.4) is 0 Å². The van der Waals surface area contributed by atoms with Gasteiger partial charge in [0.05, 0.1) is 31.4 Å². The number of aryl methyl sites for hydroxylation is 1. The first-order valence-corrected chi connectivity index (χ1v) is 13.5. The highest BCUT2D eigenvalue weighted by Gasteiger charge is 2.46. The number of ether oxygens (including phenoxy) is 3. The van der Waals surface area contributed by atoms with Crippen LogP contribution >= 0.6 is 0 Å². The molecule has 1 unspecified atom stereocenters. The summed E-state index contributed by atoms with van der Waals surface area (Å²) in [6.07, 6.45) is 0. The molecule has 0 radical (unpaired) electrons. The van der Waals surface area contributed by atoms with Crippen LogP contribution in [0.5, 0.6) is 11.5 Å². The van der Waals surface area contributed by atoms with Gasteiger partial charge in [-0.15, -0.1) is 0 Å². The molecule has 2 aromatic rings. The molecular formula is C30H37N3O7. The molecule has 10 heteroatoms. The van der Waals surface area contributed by atoms with Crippen molar-refractivity contribution in [2.75, 3.05) is 52.6 Å². The summed E-state index contributed by atoms with van der Waals surface area (Å²) < 4.78 is 16.6. The second kappa shape index (κ2) is 13.0. The van der Waals surface area contributed by atoms with Crippen molar-refractivity contribution in [3.05, 3.63) is 64.7 Å². The predicted octanol–water partition coefficient (Wildman–Crippen LogP) is 2.65. The van der Waals surface area contributed by atoms with E-state index in [1.807, 2.05) is 13.0 Å². The number of nitrogens with zero attached hydrogens (tertiary/aromatic N) is 2. The van der Waals surface area contributed by atoms with Gasteiger partial charge < -0.3 is 30.0 Å². The Kier molecular flexibility index (Phi) is 9.44. The third-order valence-corrected chi connectivity index (χ3v) is 6.91. The number of hydrogen-bond donors (Lipinski definition) is 2. The maximum atomic E-state index is 13.4. The number of carbonyl (C=O) groups is 3. The standard InChI is InChI=1S/C30H37N3O7/c1-19(2)17-39-23-8-9-24(20(3)16-23)28(35)26-27(21-4-6-22(7-5-21)40-18-25(31)34)33(30(37)29(26)36)11-10-32-12-14-38-15-13-32/h4-9,16,19,27,35H,10-15,17-18H2,1-3H3,(H2,31,34). The Labute approximate surface area is 234 Å². The van der Waals surface area contributed by atoms with Crippen molar-refractivity contribution in [2.45, 2.75) is 26.8 Å². The molecule has 0 spiro atoms. The first-order valence-electron chi connectivity index (χ1n) is 13.5. The Morgan fingerprint density at radius 1 is 1.05 bits per heavy atom. The lowest BCUT2D eigenvalue weighted by atomic mass is 9.94. The lowest BCUT2D eigenvalue weighted by molar-refractivity contribution is -0.140. The molecule has 4 rings (SSSR count). The first-order chi connectivity index (χ1) is 19.2. The molecule has 2 saturated heterocycles. The summed E-state index contributed by atoms with van der Waals surface area (Å²) in [4.78, 5) is 41.5. The van der Waals surface area contributed by atoms with Crippen molar-refractivity contribution in [1.82, 2.24) is 9.80 Å². The summed E-state index contributed by atoms with van der Waals surface area (Å²) in [6, 6.07) is 11.2. The van der Waals surface area contributed by atoms with Crippen molar-refractivity contribution in [3.8, 4) is 11.5 Å². The summed E-state index contributed by atoms with van der Waals surface area (Å²) in [6.45, 7) is 9.80. The van der Waals surface area contributed by atoms with Gasteiger partial charge in [-0.05, 0) is 54.3 Å². The van der Waals surface area contributed by atoms with E-state index in [4.69, 9.17) is 19.9 Å². The van der Waals surface area contributed by atoms with E-state index < -0.39 is 23.6 Å². The molecule has 214 valence electrons. The number of amides is 2. The second-order valence-electron chi connectivity index (χ2n) is 10.5. The van der Waals surface area contributed by atoms with E-state index in [2.05, 4.69) is 18.7 Å². The minimum absolute atomic E-state index is 0.0248. The molecule has 40 heavy (non-hydrogen) atoms. The summed E-state index contributed by atoms with van der Waals surface area (Å²) in [5.74, 6) is -0.802. The fraction of sp³-hybridized carbons (Fsp3) is 0.433. The van der Waals surface area contributed by atoms with Crippen LogP contribution in [-0.4, -0.2) is 85.1 Å². The van der Waals surface area contributed by atoms with Crippen LogP contribution in [0.25, 0.3) is 5.76 Å². The molecule has 1 atom stereocenters. The van der Waals surface area contributed by atoms with Crippen LogP contribution in [0.1, 0.15) is 36.6 Å². The van der Waals surface area contributed by atoms with E-state index >= 15 is 0 Å². The molecule has 2 fully saturated rings. The van der Waals surface area contributed by atoms with Crippen molar-refractivity contribution < 1.29 is 33.7 Å². The van der Waals surface area contributed by atoms with Crippen LogP contribution in [-0.2, 0) is 19.1 Å². The molecule has 0 aliphatic carbocycles. The lowest BCUT2D eigenvalue weighted by Crippen LogP contribution is -2.42. The zero-order valence-electron chi connectivity index (χ0n) is 23.2. The maximum Gasteiger partial charge on any atom is 0.295 e. The van der Waals surface area contributed by atoms with Gasteiger partial charge in [0, 0.05) is 31.7 Å². The largest absolute Gasteiger partial charge is 0.507 e. The number of aliphatic hydroxyl groups is 1. The number of carbonyl (C=O) groups excluding carboxylic acids is 3. The minimum atomic E-state index is -0.803. The van der Waals surface area contributed by atoms with Gasteiger partial charge >= 0.3 is 0 Å². The summed E-state index contributed by atoms with van der Waals surface area (Å²) in [7, 11) is 0. The van der Waals surface area contributed by atoms with Crippen molar-refractivity contribution >= 4 is 23.4 Å². The Morgan fingerprint density at radius 2 is 1.73 bits per heavy atom. The highest BCUT2D eigenvalue weighted by molar-refractivity contribution is 6.46. The van der Waals surface area contributed by atoms with Crippen molar-refractivity contribution in [2.24, 2.45) is 11.7 Å². The van der Waals surface area contributed by atoms with Crippen molar-refractivity contribution in [1.29, 1.82) is 0 Å². The van der Waals surface area contributed by atoms with E-state index in [9.17, 15) is 19.5 Å². The molecule has 2 aliphatic heterocycles. The van der Waals surface area contributed by atoms with Crippen LogP contribution < -0.4 is 15.2 Å². The number of hydrogen-bond acceptors (Lipinski definition) is 8. The van der Waals surface area contributed by atoms with Gasteiger partial charge in [0.15, 0.2) is 6.61 Å². The second-order valence-corrected chi connectivity index (χ2v) is 10.5. The number of nitrogens with two attached hydrogens (primary N) is 1. The van der Waals surface area contributed by atoms with E-state index in [-0.39, 0.29) is 17.9 Å². The number of likely N-dealkylation sites (tertiary alicyclic amines) is 1. The number of Topliss-reactive ketones (excluding diaryl/α,β-unsaturated/α-hetero) is 1. The molecule has 3 N–H and O–H groups in total. The van der Waals surface area contributed by atoms with E-state index in [0.29, 0.717) is 67.0 Å². The predicted molar refractivity (Wildman–Crippen MR) is 149 cm³/mol. The van der Waals surface area contributed by atoms with Crippen LogP contribution in [0.2, 0.25) is 0 Å². The molecule has 0 aromatic heterocycles. The van der Waals surface area contributed by atoms with Gasteiger partial charge in [-0.1, -0.05) is 26.0 Å². The number of ketones is 1. The zero-order valence-corrected chi connectivity index (χ0v) is 23.2. The molecule has 2 aromatic carbocycles. The average molecular weight is 552 g/mol. The summed E-state index contributed by atoms with van der Waals surface area (Å²) in [5.41, 5.74) is 6.99. The lowest BCUT2D eigenvalue weighted by Gasteiger charge is -2.31. The Balaban J connectivity index is 1.69. The normalized spacial score (nSPS) is 19.3. The van der Waals surface area contributed by atoms with Crippen molar-refractivity contribution in [3.63, 3.8) is 0 Å². The monoisotopic (exact) mass is 551 g/mol. The first kappa shape index (κ1) is 29.1. The third-order valence-electron chi connectivity index (χ3n) is 6.91. The van der Waals surface area contributed by atoms with Crippen LogP contribution in [0.4, 0.5) is 0 Å². The fourth-order valence-corrected chi connectivity index (χ4v) is 4.83. The maximum absolute atomic E-state index is 13.4. The smallest absolute Gasteiger partial charge is 0.295 e. The Bertz CT molecular complexity index is 1270. The Hall–Kier alpha value is -3.89. The van der Waals surface area contributed by atoms with E-state index in [1.165, 1.54) is 4.90 Å². The Morgan fingerprint density at radius 3 is 2.35 bits per heavy atom. The summed E-state index contributed by atoms with van der Waals surface area (Å²) >= 11 is 0. The van der Waals surface area contributed by atoms with E-state index in [1.54, 1.807) is 36.4 Å². The average Bonchev–Trinajstić information content (AvgIpc) is 3.19. The van der Waals surface area contributed by atoms with Gasteiger partial charge in [-0.3, -0.25) is 19.3 Å². The SMILES string of the molecule is Cc1cc(OCC(C)C)ccc1C(O)=C1C(=O)C(=O)N(CCN2CCOCC2)C1c1ccc(OCC(N)=O)cc1. The van der Waals surface area contributed by atoms with Gasteiger partial charge in [-0.25, -0.2) is 0 Å². The number of primary amides is 1. The quantitative estimate of drug-likeness (QED) is 0.248.